The average molecular weight is 337 g/mol. The number of esters is 1. The lowest BCUT2D eigenvalue weighted by Crippen LogP contribution is -2.30. The van der Waals surface area contributed by atoms with Gasteiger partial charge in [-0.05, 0) is 17.2 Å². The second-order valence-electron chi connectivity index (χ2n) is 4.21. The molecule has 120 valence electrons. The van der Waals surface area contributed by atoms with Crippen LogP contribution in [-0.4, -0.2) is 29.1 Å². The molecule has 9 heteroatoms. The predicted octanol–water partition coefficient (Wildman–Crippen LogP) is 2.17. The molecule has 0 spiro atoms. The second kappa shape index (κ2) is 7.95. The summed E-state index contributed by atoms with van der Waals surface area (Å²) in [7, 11) is 1.21. The number of carbonyl (C=O) groups excluding carboxylic acids is 2. The molecule has 0 unspecified atom stereocenters. The van der Waals surface area contributed by atoms with Gasteiger partial charge in [-0.15, -0.1) is 0 Å². The van der Waals surface area contributed by atoms with E-state index in [1.165, 1.54) is 13.2 Å². The fourth-order valence-electron chi connectivity index (χ4n) is 1.57. The van der Waals surface area contributed by atoms with Crippen molar-refractivity contribution in [3.8, 4) is 0 Å². The number of nitrogens with zero attached hydrogens (tertiary/aromatic N) is 2. The Morgan fingerprint density at radius 3 is 2.65 bits per heavy atom. The van der Waals surface area contributed by atoms with Gasteiger partial charge < -0.3 is 9.47 Å². The summed E-state index contributed by atoms with van der Waals surface area (Å²) in [6, 6.07) is 10.5. The number of hydrogen-bond acceptors (Lipinski definition) is 7. The number of rotatable bonds is 5. The molecule has 23 heavy (non-hydrogen) atoms. The standard InChI is InChI=1S/C14H13ClN4O4/c1-22-12(20)10-7-11(17-13(15)16-10)18-19-14(21)23-8-9-5-3-2-4-6-9/h2-7H,8H2,1H3,(H,19,21)(H,16,17,18). The molecule has 0 saturated carbocycles. The van der Waals surface area contributed by atoms with E-state index in [1.54, 1.807) is 0 Å². The molecule has 2 rings (SSSR count). The summed E-state index contributed by atoms with van der Waals surface area (Å²) in [6.07, 6.45) is -0.719. The molecule has 0 saturated heterocycles. The van der Waals surface area contributed by atoms with Gasteiger partial charge >= 0.3 is 12.1 Å². The zero-order valence-electron chi connectivity index (χ0n) is 12.1. The van der Waals surface area contributed by atoms with Gasteiger partial charge in [-0.1, -0.05) is 30.3 Å². The molecule has 8 nitrogen and oxygen atoms in total. The maximum Gasteiger partial charge on any atom is 0.426 e. The largest absolute Gasteiger partial charge is 0.464 e. The van der Waals surface area contributed by atoms with Crippen LogP contribution in [0.2, 0.25) is 5.28 Å². The van der Waals surface area contributed by atoms with Crippen molar-refractivity contribution in [2.45, 2.75) is 6.61 Å². The molecule has 1 heterocycles. The quantitative estimate of drug-likeness (QED) is 0.490. The lowest BCUT2D eigenvalue weighted by atomic mass is 10.2. The highest BCUT2D eigenvalue weighted by atomic mass is 35.5. The summed E-state index contributed by atoms with van der Waals surface area (Å²) in [6.45, 7) is 0.117. The molecule has 0 atom stereocenters. The van der Waals surface area contributed by atoms with Crippen LogP contribution in [0.4, 0.5) is 10.6 Å². The van der Waals surface area contributed by atoms with Crippen molar-refractivity contribution in [2.75, 3.05) is 12.5 Å². The first-order valence-corrected chi connectivity index (χ1v) is 6.82. The number of hydrazine groups is 1. The molecule has 0 aliphatic rings. The number of methoxy groups -OCH3 is 1. The molecule has 2 N–H and O–H groups in total. The van der Waals surface area contributed by atoms with Crippen molar-refractivity contribution in [2.24, 2.45) is 0 Å². The number of hydrogen-bond donors (Lipinski definition) is 2. The SMILES string of the molecule is COC(=O)c1cc(NNC(=O)OCc2ccccc2)nc(Cl)n1. The van der Waals surface area contributed by atoms with Crippen LogP contribution in [0.15, 0.2) is 36.4 Å². The Kier molecular flexibility index (Phi) is 5.70. The normalized spacial score (nSPS) is 9.83. The minimum Gasteiger partial charge on any atom is -0.464 e. The number of carbonyl (C=O) groups is 2. The maximum absolute atomic E-state index is 11.6. The van der Waals surface area contributed by atoms with Gasteiger partial charge in [-0.3, -0.25) is 5.43 Å². The van der Waals surface area contributed by atoms with Crippen LogP contribution >= 0.6 is 11.6 Å². The third kappa shape index (κ3) is 5.11. The molecule has 2 aromatic rings. The Labute approximate surface area is 136 Å². The predicted molar refractivity (Wildman–Crippen MR) is 81.8 cm³/mol. The van der Waals surface area contributed by atoms with Crippen molar-refractivity contribution in [3.05, 3.63) is 52.9 Å². The maximum atomic E-state index is 11.6. The van der Waals surface area contributed by atoms with Gasteiger partial charge in [0.15, 0.2) is 5.69 Å². The third-order valence-corrected chi connectivity index (χ3v) is 2.77. The van der Waals surface area contributed by atoms with Crippen LogP contribution in [0.1, 0.15) is 16.1 Å². The van der Waals surface area contributed by atoms with E-state index in [0.29, 0.717) is 0 Å². The molecule has 0 bridgehead atoms. The van der Waals surface area contributed by atoms with E-state index in [2.05, 4.69) is 25.6 Å². The lowest BCUT2D eigenvalue weighted by Gasteiger charge is -2.09. The van der Waals surface area contributed by atoms with Crippen molar-refractivity contribution in [3.63, 3.8) is 0 Å². The fraction of sp³-hybridized carbons (Fsp3) is 0.143. The van der Waals surface area contributed by atoms with E-state index in [4.69, 9.17) is 16.3 Å². The molecular weight excluding hydrogens is 324 g/mol. The number of anilines is 1. The number of halogens is 1. The van der Waals surface area contributed by atoms with Gasteiger partial charge in [0.05, 0.1) is 7.11 Å². The van der Waals surface area contributed by atoms with Crippen LogP contribution in [0.5, 0.6) is 0 Å². The summed E-state index contributed by atoms with van der Waals surface area (Å²) in [4.78, 5) is 30.5. The highest BCUT2D eigenvalue weighted by Crippen LogP contribution is 2.10. The van der Waals surface area contributed by atoms with Gasteiger partial charge in [0.1, 0.15) is 12.4 Å². The molecule has 0 fully saturated rings. The Bertz CT molecular complexity index is 696. The molecule has 1 aromatic heterocycles. The first-order chi connectivity index (χ1) is 11.1. The second-order valence-corrected chi connectivity index (χ2v) is 4.55. The van der Waals surface area contributed by atoms with E-state index < -0.39 is 12.1 Å². The molecule has 1 aromatic carbocycles. The number of aromatic nitrogens is 2. The van der Waals surface area contributed by atoms with E-state index in [-0.39, 0.29) is 23.4 Å². The summed E-state index contributed by atoms with van der Waals surface area (Å²) in [5.74, 6) is -0.564. The Morgan fingerprint density at radius 2 is 1.96 bits per heavy atom. The third-order valence-electron chi connectivity index (χ3n) is 2.60. The van der Waals surface area contributed by atoms with Gasteiger partial charge in [0.25, 0.3) is 0 Å². The van der Waals surface area contributed by atoms with Gasteiger partial charge in [-0.25, -0.2) is 20.0 Å². The Hall–Kier alpha value is -2.87. The molecule has 0 aliphatic heterocycles. The molecule has 0 radical (unpaired) electrons. The Balaban J connectivity index is 1.89. The van der Waals surface area contributed by atoms with Crippen LogP contribution in [0, 0.1) is 0 Å². The zero-order chi connectivity index (χ0) is 16.7. The monoisotopic (exact) mass is 336 g/mol. The number of amides is 1. The summed E-state index contributed by atoms with van der Waals surface area (Å²) in [5, 5.41) is -0.171. The lowest BCUT2D eigenvalue weighted by molar-refractivity contribution is 0.0594. The van der Waals surface area contributed by atoms with Crippen LogP contribution in [0.3, 0.4) is 0 Å². The van der Waals surface area contributed by atoms with E-state index in [9.17, 15) is 9.59 Å². The summed E-state index contributed by atoms with van der Waals surface area (Å²) >= 11 is 5.69. The molecular formula is C14H13ClN4O4. The number of nitrogens with one attached hydrogen (secondary N) is 2. The highest BCUT2D eigenvalue weighted by molar-refractivity contribution is 6.28. The van der Waals surface area contributed by atoms with E-state index in [0.717, 1.165) is 5.56 Å². The van der Waals surface area contributed by atoms with Crippen molar-refractivity contribution in [1.82, 2.24) is 15.4 Å². The highest BCUT2D eigenvalue weighted by Gasteiger charge is 2.12. The minimum atomic E-state index is -0.719. The van der Waals surface area contributed by atoms with Gasteiger partial charge in [0, 0.05) is 6.07 Å². The van der Waals surface area contributed by atoms with Crippen molar-refractivity contribution in [1.29, 1.82) is 0 Å². The Morgan fingerprint density at radius 1 is 1.22 bits per heavy atom. The zero-order valence-corrected chi connectivity index (χ0v) is 12.8. The first-order valence-electron chi connectivity index (χ1n) is 6.44. The van der Waals surface area contributed by atoms with Crippen molar-refractivity contribution < 1.29 is 19.1 Å². The minimum absolute atomic E-state index is 0.0468. The molecule has 0 aliphatic carbocycles. The smallest absolute Gasteiger partial charge is 0.426 e. The first kappa shape index (κ1) is 16.5. The summed E-state index contributed by atoms with van der Waals surface area (Å²) in [5.41, 5.74) is 5.54. The summed E-state index contributed by atoms with van der Waals surface area (Å²) < 4.78 is 9.53. The fourth-order valence-corrected chi connectivity index (χ4v) is 1.75. The number of ether oxygens (including phenoxy) is 2. The molecule has 1 amide bonds. The van der Waals surface area contributed by atoms with Crippen molar-refractivity contribution >= 4 is 29.5 Å². The van der Waals surface area contributed by atoms with Crippen LogP contribution < -0.4 is 10.9 Å². The topological polar surface area (TPSA) is 102 Å². The number of benzene rings is 1. The van der Waals surface area contributed by atoms with Crippen LogP contribution in [0.25, 0.3) is 0 Å². The van der Waals surface area contributed by atoms with E-state index in [1.807, 2.05) is 30.3 Å². The van der Waals surface area contributed by atoms with Gasteiger partial charge in [0.2, 0.25) is 5.28 Å². The average Bonchev–Trinajstić information content (AvgIpc) is 2.57. The van der Waals surface area contributed by atoms with Crippen LogP contribution in [-0.2, 0) is 16.1 Å². The van der Waals surface area contributed by atoms with E-state index >= 15 is 0 Å². The van der Waals surface area contributed by atoms with Gasteiger partial charge in [-0.2, -0.15) is 4.98 Å².